The van der Waals surface area contributed by atoms with E-state index in [9.17, 15) is 10.4 Å². The van der Waals surface area contributed by atoms with Crippen molar-refractivity contribution in [3.8, 4) is 17.6 Å². The average Bonchev–Trinajstić information content (AvgIpc) is 3.03. The SMILES string of the molecule is CO[C@]12C=C[C@@]3(S[C@H]1C#N)[C@H]1Cc4ccc(O)c5c4[C@@]3(CCN1C)[C@H]2O5. The van der Waals surface area contributed by atoms with Gasteiger partial charge in [-0.1, -0.05) is 12.1 Å². The topological polar surface area (TPSA) is 65.7 Å². The van der Waals surface area contributed by atoms with E-state index in [1.54, 1.807) is 24.9 Å². The maximum absolute atomic E-state index is 10.6. The summed E-state index contributed by atoms with van der Waals surface area (Å²) >= 11 is 1.75. The third-order valence-corrected chi connectivity index (χ3v) is 9.42. The zero-order valence-corrected chi connectivity index (χ0v) is 15.5. The molecule has 5 nitrogen and oxygen atoms in total. The molecule has 1 N–H and O–H groups in total. The predicted octanol–water partition coefficient (Wildman–Crippen LogP) is 1.98. The lowest BCUT2D eigenvalue weighted by molar-refractivity contribution is -0.112. The highest BCUT2D eigenvalue weighted by atomic mass is 32.2. The first-order valence-corrected chi connectivity index (χ1v) is 9.97. The number of phenolic OH excluding ortho intramolecular Hbond substituents is 1. The number of likely N-dealkylation sites (tertiary alicyclic amines) is 1. The van der Waals surface area contributed by atoms with Crippen molar-refractivity contribution in [1.29, 1.82) is 5.26 Å². The van der Waals surface area contributed by atoms with Crippen molar-refractivity contribution < 1.29 is 14.6 Å². The largest absolute Gasteiger partial charge is 0.504 e. The van der Waals surface area contributed by atoms with Crippen molar-refractivity contribution in [1.82, 2.24) is 4.90 Å². The molecule has 2 spiro atoms. The normalized spacial score (nSPS) is 46.6. The summed E-state index contributed by atoms with van der Waals surface area (Å²) in [5, 5.41) is 20.2. The third kappa shape index (κ3) is 1.27. The molecule has 0 amide bonds. The molecule has 4 aliphatic heterocycles. The molecule has 0 saturated carbocycles. The molecule has 6 heteroatoms. The van der Waals surface area contributed by atoms with Crippen LogP contribution in [-0.2, 0) is 16.6 Å². The average molecular weight is 368 g/mol. The van der Waals surface area contributed by atoms with E-state index in [4.69, 9.17) is 9.47 Å². The van der Waals surface area contributed by atoms with E-state index >= 15 is 0 Å². The first kappa shape index (κ1) is 15.4. The van der Waals surface area contributed by atoms with Gasteiger partial charge in [-0.25, -0.2) is 0 Å². The number of benzene rings is 1. The van der Waals surface area contributed by atoms with Crippen molar-refractivity contribution in [2.24, 2.45) is 0 Å². The molecule has 1 aromatic carbocycles. The highest BCUT2D eigenvalue weighted by molar-refractivity contribution is 8.02. The number of methoxy groups -OCH3 is 1. The molecule has 1 aromatic rings. The molecule has 7 rings (SSSR count). The second kappa shape index (κ2) is 4.41. The molecule has 0 aromatic heterocycles. The Balaban J connectivity index is 1.75. The summed E-state index contributed by atoms with van der Waals surface area (Å²) < 4.78 is 12.3. The van der Waals surface area contributed by atoms with Crippen molar-refractivity contribution in [2.75, 3.05) is 20.7 Å². The Labute approximate surface area is 156 Å². The van der Waals surface area contributed by atoms with Crippen LogP contribution in [0.15, 0.2) is 24.3 Å². The van der Waals surface area contributed by atoms with Crippen LogP contribution in [0.1, 0.15) is 17.5 Å². The van der Waals surface area contributed by atoms with Crippen LogP contribution >= 0.6 is 11.8 Å². The van der Waals surface area contributed by atoms with Crippen molar-refractivity contribution in [3.63, 3.8) is 0 Å². The summed E-state index contributed by atoms with van der Waals surface area (Å²) in [7, 11) is 3.86. The van der Waals surface area contributed by atoms with E-state index in [0.717, 1.165) is 19.4 Å². The van der Waals surface area contributed by atoms with Crippen LogP contribution in [0.3, 0.4) is 0 Å². The number of piperidine rings is 1. The van der Waals surface area contributed by atoms with E-state index in [0.29, 0.717) is 11.8 Å². The fraction of sp³-hybridized carbons (Fsp3) is 0.550. The van der Waals surface area contributed by atoms with Crippen molar-refractivity contribution in [2.45, 2.75) is 46.0 Å². The van der Waals surface area contributed by atoms with Gasteiger partial charge in [0, 0.05) is 18.7 Å². The predicted molar refractivity (Wildman–Crippen MR) is 97.5 cm³/mol. The van der Waals surface area contributed by atoms with Gasteiger partial charge in [-0.3, -0.25) is 0 Å². The van der Waals surface area contributed by atoms with Gasteiger partial charge in [0.15, 0.2) is 11.5 Å². The van der Waals surface area contributed by atoms with E-state index in [1.165, 1.54) is 11.1 Å². The number of fused-ring (bicyclic) bond motifs is 1. The molecule has 2 fully saturated rings. The number of nitriles is 1. The van der Waals surface area contributed by atoms with Crippen LogP contribution in [0.5, 0.6) is 11.5 Å². The summed E-state index contributed by atoms with van der Waals surface area (Å²) in [6.07, 6.45) is 5.95. The number of likely N-dealkylation sites (N-methyl/N-ethyl adjacent to an activating group) is 1. The zero-order chi connectivity index (χ0) is 17.9. The molecule has 0 unspecified atom stereocenters. The summed E-state index contributed by atoms with van der Waals surface area (Å²) in [5.41, 5.74) is 1.39. The molecule has 134 valence electrons. The van der Waals surface area contributed by atoms with E-state index in [1.807, 2.05) is 0 Å². The van der Waals surface area contributed by atoms with Gasteiger partial charge < -0.3 is 19.5 Å². The third-order valence-electron chi connectivity index (χ3n) is 7.54. The van der Waals surface area contributed by atoms with Gasteiger partial charge in [-0.05, 0) is 44.1 Å². The fourth-order valence-electron chi connectivity index (χ4n) is 6.46. The second-order valence-electron chi connectivity index (χ2n) is 8.18. The summed E-state index contributed by atoms with van der Waals surface area (Å²) in [4.78, 5) is 2.44. The molecule has 26 heavy (non-hydrogen) atoms. The Kier molecular flexibility index (Phi) is 2.61. The Morgan fingerprint density at radius 2 is 2.27 bits per heavy atom. The highest BCUT2D eigenvalue weighted by Crippen LogP contribution is 2.73. The smallest absolute Gasteiger partial charge is 0.165 e. The number of hydrogen-bond donors (Lipinski definition) is 1. The van der Waals surface area contributed by atoms with Gasteiger partial charge >= 0.3 is 0 Å². The first-order chi connectivity index (χ1) is 12.5. The minimum absolute atomic E-state index is 0.198. The number of aromatic hydroxyl groups is 1. The standard InChI is InChI=1S/C20H20N2O3S/c1-22-8-7-18-15-11-3-4-12(23)16(15)25-17(18)19(24-2)5-6-20(18,13(22)9-11)26-14(19)10-21/h3-6,13-14,17,23H,7-9H2,1-2H3/t13-,14+,17-,18+,19-,20-/m1/s1. The minimum atomic E-state index is -0.790. The maximum Gasteiger partial charge on any atom is 0.165 e. The van der Waals surface area contributed by atoms with Crippen molar-refractivity contribution in [3.05, 3.63) is 35.4 Å². The minimum Gasteiger partial charge on any atom is -0.504 e. The molecule has 4 bridgehead atoms. The Bertz CT molecular complexity index is 926. The van der Waals surface area contributed by atoms with E-state index < -0.39 is 5.60 Å². The Hall–Kier alpha value is -1.68. The molecular formula is C20H20N2O3S. The lowest BCUT2D eigenvalue weighted by Gasteiger charge is -2.69. The number of hydrogen-bond acceptors (Lipinski definition) is 6. The van der Waals surface area contributed by atoms with Gasteiger partial charge in [0.25, 0.3) is 0 Å². The maximum atomic E-state index is 10.6. The van der Waals surface area contributed by atoms with E-state index in [-0.39, 0.29) is 27.3 Å². The quantitative estimate of drug-likeness (QED) is 0.765. The monoisotopic (exact) mass is 368 g/mol. The van der Waals surface area contributed by atoms with Gasteiger partial charge in [-0.15, -0.1) is 11.8 Å². The molecule has 2 saturated heterocycles. The van der Waals surface area contributed by atoms with Gasteiger partial charge in [-0.2, -0.15) is 5.26 Å². The number of thioether (sulfide) groups is 1. The molecule has 2 aliphatic carbocycles. The lowest BCUT2D eigenvalue weighted by Crippen LogP contribution is -2.81. The van der Waals surface area contributed by atoms with Crippen LogP contribution in [-0.4, -0.2) is 58.5 Å². The van der Waals surface area contributed by atoms with Crippen LogP contribution < -0.4 is 4.74 Å². The van der Waals surface area contributed by atoms with Gasteiger partial charge in [0.05, 0.1) is 16.2 Å². The zero-order valence-electron chi connectivity index (χ0n) is 14.7. The molecule has 6 aliphatic rings. The summed E-state index contributed by atoms with van der Waals surface area (Å²) in [6, 6.07) is 6.59. The molecular weight excluding hydrogens is 348 g/mol. The first-order valence-electron chi connectivity index (χ1n) is 9.09. The number of nitrogens with zero attached hydrogens (tertiary/aromatic N) is 2. The fourth-order valence-corrected chi connectivity index (χ4v) is 8.48. The number of ether oxygens (including phenoxy) is 2. The van der Waals surface area contributed by atoms with Crippen LogP contribution in [0, 0.1) is 11.3 Å². The lowest BCUT2D eigenvalue weighted by atomic mass is 9.50. The van der Waals surface area contributed by atoms with Gasteiger partial charge in [0.2, 0.25) is 0 Å². The Morgan fingerprint density at radius 3 is 3.04 bits per heavy atom. The molecule has 0 radical (unpaired) electrons. The highest BCUT2D eigenvalue weighted by Gasteiger charge is 2.80. The summed E-state index contributed by atoms with van der Waals surface area (Å²) in [5.74, 6) is 0.813. The van der Waals surface area contributed by atoms with Crippen molar-refractivity contribution >= 4 is 11.8 Å². The summed E-state index contributed by atoms with van der Waals surface area (Å²) in [6.45, 7) is 0.978. The number of phenols is 1. The van der Waals surface area contributed by atoms with Crippen LogP contribution in [0.25, 0.3) is 0 Å². The molecule has 6 atom stereocenters. The molecule has 4 heterocycles. The second-order valence-corrected chi connectivity index (χ2v) is 9.56. The number of rotatable bonds is 1. The van der Waals surface area contributed by atoms with Crippen LogP contribution in [0.2, 0.25) is 0 Å². The van der Waals surface area contributed by atoms with E-state index in [2.05, 4.69) is 36.2 Å². The van der Waals surface area contributed by atoms with Gasteiger partial charge in [0.1, 0.15) is 17.0 Å². The Morgan fingerprint density at radius 1 is 1.42 bits per heavy atom. The van der Waals surface area contributed by atoms with Crippen LogP contribution in [0.4, 0.5) is 0 Å².